The van der Waals surface area contributed by atoms with Gasteiger partial charge in [-0.25, -0.2) is 0 Å². The number of ether oxygens (including phenoxy) is 1. The summed E-state index contributed by atoms with van der Waals surface area (Å²) in [6.45, 7) is 4.37. The third-order valence-corrected chi connectivity index (χ3v) is 3.07. The lowest BCUT2D eigenvalue weighted by Crippen LogP contribution is -2.57. The van der Waals surface area contributed by atoms with Gasteiger partial charge in [-0.2, -0.15) is 0 Å². The predicted molar refractivity (Wildman–Crippen MR) is 48.3 cm³/mol. The molecule has 0 aliphatic carbocycles. The summed E-state index contributed by atoms with van der Waals surface area (Å²) in [5.74, 6) is 0. The fourth-order valence-corrected chi connectivity index (χ4v) is 2.20. The van der Waals surface area contributed by atoms with Crippen molar-refractivity contribution in [2.24, 2.45) is 0 Å². The van der Waals surface area contributed by atoms with Gasteiger partial charge >= 0.3 is 0 Å². The normalized spacial score (nSPS) is 39.5. The van der Waals surface area contributed by atoms with Gasteiger partial charge in [0.15, 0.2) is 0 Å². The van der Waals surface area contributed by atoms with Crippen LogP contribution in [0.2, 0.25) is 0 Å². The van der Waals surface area contributed by atoms with E-state index in [9.17, 15) is 0 Å². The molecular formula is C9H18N2O. The van der Waals surface area contributed by atoms with Crippen LogP contribution in [0.15, 0.2) is 0 Å². The molecule has 0 spiro atoms. The molecule has 0 saturated carbocycles. The fourth-order valence-electron chi connectivity index (χ4n) is 2.20. The summed E-state index contributed by atoms with van der Waals surface area (Å²) in [4.78, 5) is 4.83. The van der Waals surface area contributed by atoms with Crippen molar-refractivity contribution in [3.8, 4) is 0 Å². The van der Waals surface area contributed by atoms with Crippen LogP contribution in [0.5, 0.6) is 0 Å². The maximum absolute atomic E-state index is 5.73. The lowest BCUT2D eigenvalue weighted by Gasteiger charge is -2.44. The number of piperidine rings is 1. The third-order valence-electron chi connectivity index (χ3n) is 3.07. The van der Waals surface area contributed by atoms with E-state index in [2.05, 4.69) is 23.9 Å². The lowest BCUT2D eigenvalue weighted by atomic mass is 10.00. The summed E-state index contributed by atoms with van der Waals surface area (Å²) < 4.78 is 5.73. The highest BCUT2D eigenvalue weighted by molar-refractivity contribution is 4.88. The second-order valence-corrected chi connectivity index (χ2v) is 4.01. The van der Waals surface area contributed by atoms with Gasteiger partial charge in [0.2, 0.25) is 0 Å². The van der Waals surface area contributed by atoms with E-state index in [4.69, 9.17) is 4.74 Å². The van der Waals surface area contributed by atoms with Crippen LogP contribution in [0.1, 0.15) is 6.42 Å². The first-order chi connectivity index (χ1) is 5.77. The monoisotopic (exact) mass is 170 g/mol. The zero-order valence-corrected chi connectivity index (χ0v) is 7.99. The molecular weight excluding hydrogens is 152 g/mol. The summed E-state index contributed by atoms with van der Waals surface area (Å²) in [5, 5.41) is 0. The first-order valence-corrected chi connectivity index (χ1v) is 4.78. The minimum atomic E-state index is 0.500. The summed E-state index contributed by atoms with van der Waals surface area (Å²) in [7, 11) is 4.40. The molecule has 2 heterocycles. The Morgan fingerprint density at radius 3 is 2.92 bits per heavy atom. The molecule has 0 bridgehead atoms. The van der Waals surface area contributed by atoms with Crippen LogP contribution in [0.25, 0.3) is 0 Å². The van der Waals surface area contributed by atoms with E-state index in [-0.39, 0.29) is 0 Å². The molecule has 0 N–H and O–H groups in total. The molecule has 2 fully saturated rings. The van der Waals surface area contributed by atoms with Gasteiger partial charge in [-0.1, -0.05) is 0 Å². The lowest BCUT2D eigenvalue weighted by molar-refractivity contribution is -0.0911. The van der Waals surface area contributed by atoms with E-state index in [0.29, 0.717) is 12.1 Å². The molecule has 0 amide bonds. The molecule has 2 unspecified atom stereocenters. The van der Waals surface area contributed by atoms with Gasteiger partial charge in [0.05, 0.1) is 12.7 Å². The summed E-state index contributed by atoms with van der Waals surface area (Å²) in [5.41, 5.74) is 0. The van der Waals surface area contributed by atoms with E-state index >= 15 is 0 Å². The number of hydrogen-bond donors (Lipinski definition) is 0. The van der Waals surface area contributed by atoms with Crippen LogP contribution in [0, 0.1) is 0 Å². The van der Waals surface area contributed by atoms with Crippen molar-refractivity contribution in [3.63, 3.8) is 0 Å². The van der Waals surface area contributed by atoms with Gasteiger partial charge in [0.1, 0.15) is 0 Å². The average molecular weight is 170 g/mol. The highest BCUT2D eigenvalue weighted by Gasteiger charge is 2.33. The van der Waals surface area contributed by atoms with E-state index in [0.717, 1.165) is 13.2 Å². The Bertz CT molecular complexity index is 163. The summed E-state index contributed by atoms with van der Waals surface area (Å²) >= 11 is 0. The number of likely N-dealkylation sites (N-methyl/N-ethyl adjacent to an activating group) is 2. The van der Waals surface area contributed by atoms with Crippen molar-refractivity contribution in [3.05, 3.63) is 0 Å². The molecule has 0 aromatic rings. The topological polar surface area (TPSA) is 15.7 Å². The van der Waals surface area contributed by atoms with Crippen LogP contribution in [-0.2, 0) is 4.74 Å². The Morgan fingerprint density at radius 1 is 1.25 bits per heavy atom. The number of rotatable bonds is 0. The highest BCUT2D eigenvalue weighted by atomic mass is 16.5. The largest absolute Gasteiger partial charge is 0.375 e. The molecule has 2 rings (SSSR count). The van der Waals surface area contributed by atoms with E-state index in [1.807, 2.05) is 0 Å². The maximum atomic E-state index is 5.73. The Morgan fingerprint density at radius 2 is 2.08 bits per heavy atom. The standard InChI is InChI=1S/C9H18N2O/c1-10-4-3-9-8(7-10)11(2)5-6-12-9/h8-9H,3-7H2,1-2H3. The second-order valence-electron chi connectivity index (χ2n) is 4.01. The second kappa shape index (κ2) is 3.32. The molecule has 3 heteroatoms. The Kier molecular flexibility index (Phi) is 2.35. The Labute approximate surface area is 74.3 Å². The minimum Gasteiger partial charge on any atom is -0.375 e. The molecule has 0 aromatic heterocycles. The zero-order chi connectivity index (χ0) is 8.55. The molecule has 2 atom stereocenters. The first kappa shape index (κ1) is 8.48. The fraction of sp³-hybridized carbons (Fsp3) is 1.00. The van der Waals surface area contributed by atoms with Crippen molar-refractivity contribution in [2.75, 3.05) is 40.3 Å². The predicted octanol–water partition coefficient (Wildman–Crippen LogP) is 0.0211. The summed E-state index contributed by atoms with van der Waals surface area (Å²) in [6, 6.07) is 0.637. The summed E-state index contributed by atoms with van der Waals surface area (Å²) in [6.07, 6.45) is 1.70. The van der Waals surface area contributed by atoms with Crippen molar-refractivity contribution in [1.82, 2.24) is 9.80 Å². The molecule has 2 aliphatic rings. The molecule has 0 aromatic carbocycles. The van der Waals surface area contributed by atoms with E-state index in [1.165, 1.54) is 19.5 Å². The molecule has 3 nitrogen and oxygen atoms in total. The Hall–Kier alpha value is -0.120. The Balaban J connectivity index is 2.00. The number of nitrogens with zero attached hydrogens (tertiary/aromatic N) is 2. The minimum absolute atomic E-state index is 0.500. The van der Waals surface area contributed by atoms with Gasteiger partial charge < -0.3 is 9.64 Å². The number of hydrogen-bond acceptors (Lipinski definition) is 3. The van der Waals surface area contributed by atoms with Gasteiger partial charge in [-0.05, 0) is 20.5 Å². The van der Waals surface area contributed by atoms with Crippen LogP contribution in [0.4, 0.5) is 0 Å². The smallest absolute Gasteiger partial charge is 0.0755 e. The first-order valence-electron chi connectivity index (χ1n) is 4.78. The molecule has 70 valence electrons. The van der Waals surface area contributed by atoms with Gasteiger partial charge in [-0.3, -0.25) is 4.90 Å². The maximum Gasteiger partial charge on any atom is 0.0755 e. The number of likely N-dealkylation sites (tertiary alicyclic amines) is 1. The molecule has 2 saturated heterocycles. The molecule has 12 heavy (non-hydrogen) atoms. The molecule has 2 aliphatic heterocycles. The molecule has 0 radical (unpaired) electrons. The van der Waals surface area contributed by atoms with Crippen molar-refractivity contribution >= 4 is 0 Å². The average Bonchev–Trinajstić information content (AvgIpc) is 2.07. The van der Waals surface area contributed by atoms with Crippen molar-refractivity contribution in [2.45, 2.75) is 18.6 Å². The van der Waals surface area contributed by atoms with Crippen LogP contribution in [0.3, 0.4) is 0 Å². The number of fused-ring (bicyclic) bond motifs is 1. The van der Waals surface area contributed by atoms with E-state index < -0.39 is 0 Å². The van der Waals surface area contributed by atoms with Gasteiger partial charge in [0.25, 0.3) is 0 Å². The van der Waals surface area contributed by atoms with Gasteiger partial charge in [0, 0.05) is 25.7 Å². The van der Waals surface area contributed by atoms with Gasteiger partial charge in [-0.15, -0.1) is 0 Å². The third kappa shape index (κ3) is 1.49. The van der Waals surface area contributed by atoms with Crippen molar-refractivity contribution in [1.29, 1.82) is 0 Å². The van der Waals surface area contributed by atoms with Crippen LogP contribution >= 0.6 is 0 Å². The SMILES string of the molecule is CN1CCC2OCCN(C)C2C1. The number of morpholine rings is 1. The zero-order valence-electron chi connectivity index (χ0n) is 7.99. The quantitative estimate of drug-likeness (QED) is 0.510. The highest BCUT2D eigenvalue weighted by Crippen LogP contribution is 2.20. The van der Waals surface area contributed by atoms with Crippen LogP contribution < -0.4 is 0 Å². The van der Waals surface area contributed by atoms with Crippen LogP contribution in [-0.4, -0.2) is 62.3 Å². The van der Waals surface area contributed by atoms with E-state index in [1.54, 1.807) is 0 Å². The van der Waals surface area contributed by atoms with Crippen molar-refractivity contribution < 1.29 is 4.74 Å².